The monoisotopic (exact) mass is 325 g/mol. The maximum Gasteiger partial charge on any atom is 0.191 e. The second kappa shape index (κ2) is 11.1. The molecule has 0 aromatic heterocycles. The molecule has 0 heterocycles. The minimum Gasteiger partial charge on any atom is -0.493 e. The van der Waals surface area contributed by atoms with Gasteiger partial charge in [0.25, 0.3) is 0 Å². The molecule has 0 fully saturated rings. The summed E-state index contributed by atoms with van der Waals surface area (Å²) >= 11 is 1.88. The fourth-order valence-corrected chi connectivity index (χ4v) is 2.56. The third-order valence-electron chi connectivity index (χ3n) is 3.22. The van der Waals surface area contributed by atoms with E-state index in [4.69, 9.17) is 9.47 Å². The summed E-state index contributed by atoms with van der Waals surface area (Å²) in [6.07, 6.45) is 4.49. The van der Waals surface area contributed by atoms with E-state index in [1.165, 1.54) is 12.2 Å². The van der Waals surface area contributed by atoms with Crippen LogP contribution in [-0.4, -0.2) is 45.8 Å². The average Bonchev–Trinajstić information content (AvgIpc) is 2.56. The molecule has 0 saturated heterocycles. The number of ether oxygens (including phenoxy) is 2. The molecular weight excluding hydrogens is 298 g/mol. The van der Waals surface area contributed by atoms with Crippen LogP contribution in [0.15, 0.2) is 23.2 Å². The van der Waals surface area contributed by atoms with Crippen LogP contribution < -0.4 is 20.1 Å². The molecule has 0 aliphatic rings. The number of hydrogen-bond donors (Lipinski definition) is 2. The molecule has 2 N–H and O–H groups in total. The molecule has 124 valence electrons. The van der Waals surface area contributed by atoms with Gasteiger partial charge < -0.3 is 20.1 Å². The van der Waals surface area contributed by atoms with E-state index in [2.05, 4.69) is 21.9 Å². The molecule has 22 heavy (non-hydrogen) atoms. The van der Waals surface area contributed by atoms with E-state index in [1.54, 1.807) is 21.3 Å². The molecule has 0 aliphatic carbocycles. The molecule has 0 radical (unpaired) electrons. The van der Waals surface area contributed by atoms with Gasteiger partial charge in [-0.2, -0.15) is 11.8 Å². The van der Waals surface area contributed by atoms with Gasteiger partial charge in [-0.1, -0.05) is 12.1 Å². The highest BCUT2D eigenvalue weighted by Crippen LogP contribution is 2.30. The number of benzene rings is 1. The zero-order valence-electron chi connectivity index (χ0n) is 13.9. The lowest BCUT2D eigenvalue weighted by molar-refractivity contribution is 0.351. The Kier molecular flexibility index (Phi) is 9.30. The van der Waals surface area contributed by atoms with E-state index in [1.807, 2.05) is 30.0 Å². The maximum atomic E-state index is 5.43. The molecule has 0 spiro atoms. The van der Waals surface area contributed by atoms with Crippen molar-refractivity contribution < 1.29 is 9.47 Å². The van der Waals surface area contributed by atoms with Crippen molar-refractivity contribution >= 4 is 17.7 Å². The SMILES string of the molecule is CN=C(NCCCCSC)NCc1cccc(OC)c1OC. The van der Waals surface area contributed by atoms with Crippen LogP contribution in [-0.2, 0) is 6.54 Å². The fraction of sp³-hybridized carbons (Fsp3) is 0.562. The van der Waals surface area contributed by atoms with Crippen LogP contribution in [0.1, 0.15) is 18.4 Å². The van der Waals surface area contributed by atoms with Gasteiger partial charge in [0.05, 0.1) is 14.2 Å². The maximum absolute atomic E-state index is 5.43. The summed E-state index contributed by atoms with van der Waals surface area (Å²) in [6, 6.07) is 5.86. The van der Waals surface area contributed by atoms with Crippen molar-refractivity contribution in [1.82, 2.24) is 10.6 Å². The van der Waals surface area contributed by atoms with Gasteiger partial charge in [-0.3, -0.25) is 4.99 Å². The van der Waals surface area contributed by atoms with Gasteiger partial charge in [0, 0.05) is 25.7 Å². The van der Waals surface area contributed by atoms with E-state index >= 15 is 0 Å². The molecule has 1 aromatic rings. The first-order valence-electron chi connectivity index (χ1n) is 7.40. The quantitative estimate of drug-likeness (QED) is 0.415. The second-order valence-electron chi connectivity index (χ2n) is 4.71. The Morgan fingerprint density at radius 1 is 1.18 bits per heavy atom. The Morgan fingerprint density at radius 3 is 2.64 bits per heavy atom. The van der Waals surface area contributed by atoms with E-state index < -0.39 is 0 Å². The highest BCUT2D eigenvalue weighted by molar-refractivity contribution is 7.98. The standard InChI is InChI=1S/C16H27N3O2S/c1-17-16(18-10-5-6-11-22-4)19-12-13-8-7-9-14(20-2)15(13)21-3/h7-9H,5-6,10-12H2,1-4H3,(H2,17,18,19). The molecule has 5 nitrogen and oxygen atoms in total. The molecule has 0 bridgehead atoms. The molecule has 6 heteroatoms. The zero-order chi connectivity index (χ0) is 16.2. The summed E-state index contributed by atoms with van der Waals surface area (Å²) in [5, 5.41) is 6.62. The Morgan fingerprint density at radius 2 is 2.00 bits per heavy atom. The summed E-state index contributed by atoms with van der Waals surface area (Å²) in [6.45, 7) is 1.56. The Balaban J connectivity index is 2.50. The number of nitrogens with zero attached hydrogens (tertiary/aromatic N) is 1. The minimum absolute atomic E-state index is 0.630. The van der Waals surface area contributed by atoms with Gasteiger partial charge in [-0.25, -0.2) is 0 Å². The van der Waals surface area contributed by atoms with Gasteiger partial charge in [-0.05, 0) is 30.9 Å². The van der Waals surface area contributed by atoms with Crippen LogP contribution in [0, 0.1) is 0 Å². The van der Waals surface area contributed by atoms with E-state index in [0.29, 0.717) is 6.54 Å². The van der Waals surface area contributed by atoms with Gasteiger partial charge in [0.15, 0.2) is 17.5 Å². The van der Waals surface area contributed by atoms with E-state index in [-0.39, 0.29) is 0 Å². The first-order valence-corrected chi connectivity index (χ1v) is 8.79. The first-order chi connectivity index (χ1) is 10.8. The minimum atomic E-state index is 0.630. The van der Waals surface area contributed by atoms with E-state index in [9.17, 15) is 0 Å². The van der Waals surface area contributed by atoms with Gasteiger partial charge in [-0.15, -0.1) is 0 Å². The molecule has 0 amide bonds. The molecule has 1 rings (SSSR count). The van der Waals surface area contributed by atoms with Gasteiger partial charge >= 0.3 is 0 Å². The molecule has 0 aliphatic heterocycles. The lowest BCUT2D eigenvalue weighted by atomic mass is 10.2. The van der Waals surface area contributed by atoms with Crippen molar-refractivity contribution in [3.63, 3.8) is 0 Å². The topological polar surface area (TPSA) is 54.9 Å². The van der Waals surface area contributed by atoms with Crippen molar-refractivity contribution in [2.45, 2.75) is 19.4 Å². The number of para-hydroxylation sites is 1. The molecule has 1 aromatic carbocycles. The largest absolute Gasteiger partial charge is 0.493 e. The number of thioether (sulfide) groups is 1. The Labute approximate surface area is 137 Å². The van der Waals surface area contributed by atoms with Crippen LogP contribution in [0.5, 0.6) is 11.5 Å². The Hall–Kier alpha value is -1.56. The van der Waals surface area contributed by atoms with Crippen LogP contribution >= 0.6 is 11.8 Å². The lowest BCUT2D eigenvalue weighted by Gasteiger charge is -2.15. The van der Waals surface area contributed by atoms with Crippen molar-refractivity contribution in [2.24, 2.45) is 4.99 Å². The van der Waals surface area contributed by atoms with Crippen molar-refractivity contribution in [1.29, 1.82) is 0 Å². The van der Waals surface area contributed by atoms with Crippen LogP contribution in [0.4, 0.5) is 0 Å². The summed E-state index contributed by atoms with van der Waals surface area (Å²) in [4.78, 5) is 4.24. The van der Waals surface area contributed by atoms with Crippen molar-refractivity contribution in [3.8, 4) is 11.5 Å². The first kappa shape index (κ1) is 18.5. The van der Waals surface area contributed by atoms with Gasteiger partial charge in [0.2, 0.25) is 0 Å². The smallest absolute Gasteiger partial charge is 0.191 e. The van der Waals surface area contributed by atoms with E-state index in [0.717, 1.165) is 36.0 Å². The number of aliphatic imine (C=N–C) groups is 1. The van der Waals surface area contributed by atoms with Gasteiger partial charge in [0.1, 0.15) is 0 Å². The predicted molar refractivity (Wildman–Crippen MR) is 95.4 cm³/mol. The number of unbranched alkanes of at least 4 members (excludes halogenated alkanes) is 1. The third kappa shape index (κ3) is 6.05. The van der Waals surface area contributed by atoms with Crippen LogP contribution in [0.25, 0.3) is 0 Å². The third-order valence-corrected chi connectivity index (χ3v) is 3.92. The zero-order valence-corrected chi connectivity index (χ0v) is 14.8. The molecular formula is C16H27N3O2S. The van der Waals surface area contributed by atoms with Crippen LogP contribution in [0.3, 0.4) is 0 Å². The predicted octanol–water partition coefficient (Wildman–Crippen LogP) is 2.51. The number of hydrogen-bond acceptors (Lipinski definition) is 4. The summed E-state index contributed by atoms with van der Waals surface area (Å²) in [7, 11) is 5.07. The number of methoxy groups -OCH3 is 2. The summed E-state index contributed by atoms with van der Waals surface area (Å²) in [5.74, 6) is 3.50. The normalized spacial score (nSPS) is 11.2. The lowest BCUT2D eigenvalue weighted by Crippen LogP contribution is -2.37. The number of guanidine groups is 1. The summed E-state index contributed by atoms with van der Waals surface area (Å²) in [5.41, 5.74) is 1.03. The molecule has 0 unspecified atom stereocenters. The summed E-state index contributed by atoms with van der Waals surface area (Å²) < 4.78 is 10.7. The van der Waals surface area contributed by atoms with Crippen LogP contribution in [0.2, 0.25) is 0 Å². The Bertz CT molecular complexity index is 467. The fourth-order valence-electron chi connectivity index (χ4n) is 2.07. The number of rotatable bonds is 9. The van der Waals surface area contributed by atoms with Crippen molar-refractivity contribution in [3.05, 3.63) is 23.8 Å². The molecule has 0 saturated carbocycles. The highest BCUT2D eigenvalue weighted by atomic mass is 32.2. The van der Waals surface area contributed by atoms with Crippen molar-refractivity contribution in [2.75, 3.05) is 39.8 Å². The highest BCUT2D eigenvalue weighted by Gasteiger charge is 2.09. The second-order valence-corrected chi connectivity index (χ2v) is 5.69. The average molecular weight is 325 g/mol. The number of nitrogens with one attached hydrogen (secondary N) is 2. The molecule has 0 atom stereocenters.